The Labute approximate surface area is 133 Å². The second kappa shape index (κ2) is 6.74. The van der Waals surface area contributed by atoms with E-state index in [0.717, 1.165) is 12.3 Å². The van der Waals surface area contributed by atoms with Gasteiger partial charge in [-0.3, -0.25) is 0 Å². The highest BCUT2D eigenvalue weighted by atomic mass is 79.9. The topological polar surface area (TPSA) is 21.3 Å². The van der Waals surface area contributed by atoms with Crippen molar-refractivity contribution in [3.05, 3.63) is 49.6 Å². The van der Waals surface area contributed by atoms with Gasteiger partial charge in [0.15, 0.2) is 0 Å². The number of rotatable bonds is 5. The average Bonchev–Trinajstić information content (AvgIpc) is 2.75. The number of thiophene rings is 1. The Hall–Kier alpha value is -0.840. The zero-order valence-corrected chi connectivity index (χ0v) is 14.7. The summed E-state index contributed by atoms with van der Waals surface area (Å²) < 4.78 is 6.71. The fourth-order valence-corrected chi connectivity index (χ4v) is 3.93. The summed E-state index contributed by atoms with van der Waals surface area (Å²) >= 11 is 5.43. The minimum absolute atomic E-state index is 0.171. The monoisotopic (exact) mass is 353 g/mol. The molecule has 1 N–H and O–H groups in total. The van der Waals surface area contributed by atoms with Crippen LogP contribution in [0.25, 0.3) is 0 Å². The Bertz CT molecular complexity index is 575. The van der Waals surface area contributed by atoms with E-state index in [1.807, 2.05) is 17.4 Å². The van der Waals surface area contributed by atoms with Crippen molar-refractivity contribution in [1.82, 2.24) is 5.32 Å². The summed E-state index contributed by atoms with van der Waals surface area (Å²) in [5.41, 5.74) is 2.44. The number of hydrogen-bond acceptors (Lipinski definition) is 3. The van der Waals surface area contributed by atoms with Gasteiger partial charge in [0.05, 0.1) is 13.2 Å². The van der Waals surface area contributed by atoms with Crippen molar-refractivity contribution in [2.24, 2.45) is 0 Å². The van der Waals surface area contributed by atoms with Crippen LogP contribution < -0.4 is 10.1 Å². The maximum absolute atomic E-state index is 5.54. The molecule has 0 amide bonds. The molecule has 108 valence electrons. The molecule has 0 radical (unpaired) electrons. The van der Waals surface area contributed by atoms with E-state index < -0.39 is 0 Å². The molecule has 1 atom stereocenters. The van der Waals surface area contributed by atoms with E-state index in [1.165, 1.54) is 25.4 Å². The van der Waals surface area contributed by atoms with Crippen molar-refractivity contribution in [2.45, 2.75) is 26.8 Å². The van der Waals surface area contributed by atoms with Crippen LogP contribution in [-0.4, -0.2) is 13.7 Å². The third-order valence-corrected chi connectivity index (χ3v) is 5.47. The summed E-state index contributed by atoms with van der Waals surface area (Å²) in [5.74, 6) is 0.934. The summed E-state index contributed by atoms with van der Waals surface area (Å²) in [4.78, 5) is 2.61. The van der Waals surface area contributed by atoms with E-state index >= 15 is 0 Å². The Kier molecular flexibility index (Phi) is 5.24. The van der Waals surface area contributed by atoms with Crippen LogP contribution in [-0.2, 0) is 0 Å². The fourth-order valence-electron chi connectivity index (χ4n) is 2.27. The van der Waals surface area contributed by atoms with Gasteiger partial charge in [0.2, 0.25) is 0 Å². The molecule has 0 bridgehead atoms. The number of methoxy groups -OCH3 is 1. The Balaban J connectivity index is 2.50. The van der Waals surface area contributed by atoms with Crippen molar-refractivity contribution in [3.63, 3.8) is 0 Å². The summed E-state index contributed by atoms with van der Waals surface area (Å²) in [5, 5.41) is 3.57. The molecule has 0 aliphatic heterocycles. The van der Waals surface area contributed by atoms with Gasteiger partial charge in [0.1, 0.15) is 5.75 Å². The number of aryl methyl sites for hydroxylation is 2. The van der Waals surface area contributed by atoms with Gasteiger partial charge in [-0.2, -0.15) is 0 Å². The van der Waals surface area contributed by atoms with Crippen LogP contribution in [0.2, 0.25) is 0 Å². The third-order valence-electron chi connectivity index (χ3n) is 3.27. The SMILES string of the molecule is CCNC(c1cc(Br)c(C)s1)c1cc(C)ccc1OC. The molecule has 1 aromatic heterocycles. The lowest BCUT2D eigenvalue weighted by Crippen LogP contribution is -2.21. The van der Waals surface area contributed by atoms with Crippen LogP contribution in [0.4, 0.5) is 0 Å². The second-order valence-electron chi connectivity index (χ2n) is 4.79. The lowest BCUT2D eigenvalue weighted by molar-refractivity contribution is 0.404. The first-order valence-electron chi connectivity index (χ1n) is 6.70. The average molecular weight is 354 g/mol. The summed E-state index contributed by atoms with van der Waals surface area (Å²) in [6, 6.07) is 8.71. The maximum atomic E-state index is 5.54. The molecule has 0 aliphatic carbocycles. The van der Waals surface area contributed by atoms with Crippen LogP contribution in [0.15, 0.2) is 28.7 Å². The van der Waals surface area contributed by atoms with Gasteiger partial charge >= 0.3 is 0 Å². The molecule has 2 rings (SSSR count). The van der Waals surface area contributed by atoms with E-state index in [9.17, 15) is 0 Å². The molecule has 0 spiro atoms. The summed E-state index contributed by atoms with van der Waals surface area (Å²) in [7, 11) is 1.73. The third kappa shape index (κ3) is 3.25. The Morgan fingerprint density at radius 1 is 1.30 bits per heavy atom. The first-order chi connectivity index (χ1) is 9.56. The van der Waals surface area contributed by atoms with Gasteiger partial charge in [-0.15, -0.1) is 11.3 Å². The van der Waals surface area contributed by atoms with E-state index in [4.69, 9.17) is 4.74 Å². The van der Waals surface area contributed by atoms with Crippen LogP contribution in [0.3, 0.4) is 0 Å². The molecule has 0 saturated heterocycles. The van der Waals surface area contributed by atoms with Crippen LogP contribution in [0.1, 0.15) is 33.8 Å². The quantitative estimate of drug-likeness (QED) is 0.830. The normalized spacial score (nSPS) is 12.4. The zero-order chi connectivity index (χ0) is 14.7. The standard InChI is InChI=1S/C16H20BrNOS/c1-5-18-16(15-9-13(17)11(3)20-15)12-8-10(2)6-7-14(12)19-4/h6-9,16,18H,5H2,1-4H3. The van der Waals surface area contributed by atoms with Gasteiger partial charge in [-0.25, -0.2) is 0 Å². The van der Waals surface area contributed by atoms with Gasteiger partial charge in [0, 0.05) is 19.8 Å². The molecule has 2 nitrogen and oxygen atoms in total. The fraction of sp³-hybridized carbons (Fsp3) is 0.375. The number of halogens is 1. The maximum Gasteiger partial charge on any atom is 0.124 e. The van der Waals surface area contributed by atoms with Crippen molar-refractivity contribution < 1.29 is 4.74 Å². The van der Waals surface area contributed by atoms with Crippen molar-refractivity contribution in [2.75, 3.05) is 13.7 Å². The second-order valence-corrected chi connectivity index (χ2v) is 6.93. The van der Waals surface area contributed by atoms with E-state index in [1.54, 1.807) is 7.11 Å². The lowest BCUT2D eigenvalue weighted by atomic mass is 10.0. The van der Waals surface area contributed by atoms with Gasteiger partial charge in [-0.1, -0.05) is 24.6 Å². The Morgan fingerprint density at radius 2 is 2.05 bits per heavy atom. The van der Waals surface area contributed by atoms with Crippen LogP contribution in [0, 0.1) is 13.8 Å². The predicted octanol–water partition coefficient (Wildman–Crippen LogP) is 4.83. The number of hydrogen-bond donors (Lipinski definition) is 1. The highest BCUT2D eigenvalue weighted by Crippen LogP contribution is 2.37. The van der Waals surface area contributed by atoms with Crippen molar-refractivity contribution >= 4 is 27.3 Å². The number of nitrogens with one attached hydrogen (secondary N) is 1. The van der Waals surface area contributed by atoms with E-state index in [-0.39, 0.29) is 6.04 Å². The van der Waals surface area contributed by atoms with E-state index in [2.05, 4.69) is 60.2 Å². The molecule has 0 saturated carbocycles. The highest BCUT2D eigenvalue weighted by Gasteiger charge is 2.20. The van der Waals surface area contributed by atoms with E-state index in [0.29, 0.717) is 0 Å². The first kappa shape index (κ1) is 15.5. The molecule has 0 fully saturated rings. The molecule has 1 heterocycles. The van der Waals surface area contributed by atoms with Crippen LogP contribution >= 0.6 is 27.3 Å². The molecular weight excluding hydrogens is 334 g/mol. The molecular formula is C16H20BrNOS. The van der Waals surface area contributed by atoms with Gasteiger partial charge < -0.3 is 10.1 Å². The predicted molar refractivity (Wildman–Crippen MR) is 90.0 cm³/mol. The molecule has 1 aromatic carbocycles. The first-order valence-corrected chi connectivity index (χ1v) is 8.31. The lowest BCUT2D eigenvalue weighted by Gasteiger charge is -2.20. The molecule has 4 heteroatoms. The largest absolute Gasteiger partial charge is 0.496 e. The van der Waals surface area contributed by atoms with Gasteiger partial charge in [0.25, 0.3) is 0 Å². The molecule has 2 aromatic rings. The molecule has 1 unspecified atom stereocenters. The smallest absolute Gasteiger partial charge is 0.124 e. The highest BCUT2D eigenvalue weighted by molar-refractivity contribution is 9.10. The summed E-state index contributed by atoms with van der Waals surface area (Å²) in [6.45, 7) is 7.29. The molecule has 20 heavy (non-hydrogen) atoms. The molecule has 0 aliphatic rings. The zero-order valence-electron chi connectivity index (χ0n) is 12.3. The minimum atomic E-state index is 0.171. The Morgan fingerprint density at radius 3 is 2.60 bits per heavy atom. The number of ether oxygens (including phenoxy) is 1. The van der Waals surface area contributed by atoms with Crippen molar-refractivity contribution in [1.29, 1.82) is 0 Å². The minimum Gasteiger partial charge on any atom is -0.496 e. The van der Waals surface area contributed by atoms with Gasteiger partial charge in [-0.05, 0) is 48.5 Å². The number of benzene rings is 1. The summed E-state index contributed by atoms with van der Waals surface area (Å²) in [6.07, 6.45) is 0. The van der Waals surface area contributed by atoms with Crippen molar-refractivity contribution in [3.8, 4) is 5.75 Å². The van der Waals surface area contributed by atoms with Crippen LogP contribution in [0.5, 0.6) is 5.75 Å².